The van der Waals surface area contributed by atoms with Gasteiger partial charge in [0.25, 0.3) is 0 Å². The van der Waals surface area contributed by atoms with E-state index >= 15 is 0 Å². The van der Waals surface area contributed by atoms with Crippen LogP contribution in [-0.2, 0) is 4.79 Å². The van der Waals surface area contributed by atoms with Crippen LogP contribution < -0.4 is 0 Å². The average Bonchev–Trinajstić information content (AvgIpc) is 2.86. The molecule has 0 radical (unpaired) electrons. The van der Waals surface area contributed by atoms with Crippen LogP contribution in [0.4, 0.5) is 0 Å². The summed E-state index contributed by atoms with van der Waals surface area (Å²) in [5, 5.41) is 0. The normalized spacial score (nSPS) is 43.5. The summed E-state index contributed by atoms with van der Waals surface area (Å²) in [6, 6.07) is 0. The molecular formula is C12H10O. The van der Waals surface area contributed by atoms with E-state index in [1.165, 1.54) is 0 Å². The Labute approximate surface area is 77.1 Å². The van der Waals surface area contributed by atoms with Crippen molar-refractivity contribution in [1.82, 2.24) is 0 Å². The van der Waals surface area contributed by atoms with Gasteiger partial charge in [-0.25, -0.2) is 0 Å². The number of hydrogen-bond acceptors (Lipinski definition) is 1. The Morgan fingerprint density at radius 3 is 2.77 bits per heavy atom. The zero-order valence-corrected chi connectivity index (χ0v) is 7.23. The Morgan fingerprint density at radius 1 is 1.15 bits per heavy atom. The summed E-state index contributed by atoms with van der Waals surface area (Å²) < 4.78 is 0. The Kier molecular flexibility index (Phi) is 1.05. The lowest BCUT2D eigenvalue weighted by Gasteiger charge is -2.22. The fourth-order valence-corrected chi connectivity index (χ4v) is 2.63. The van der Waals surface area contributed by atoms with Crippen LogP contribution in [0.3, 0.4) is 0 Å². The monoisotopic (exact) mass is 170 g/mol. The minimum atomic E-state index is 0.0260. The van der Waals surface area contributed by atoms with Gasteiger partial charge in [-0.2, -0.15) is 0 Å². The van der Waals surface area contributed by atoms with Crippen LogP contribution in [0, 0.1) is 10.8 Å². The summed E-state index contributed by atoms with van der Waals surface area (Å²) in [6.07, 6.45) is 16.7. The summed E-state index contributed by atoms with van der Waals surface area (Å²) in [7, 11) is 0. The molecule has 1 saturated carbocycles. The fourth-order valence-electron chi connectivity index (χ4n) is 2.63. The van der Waals surface area contributed by atoms with Crippen LogP contribution in [0.1, 0.15) is 6.42 Å². The van der Waals surface area contributed by atoms with Gasteiger partial charge in [-0.3, -0.25) is 4.79 Å². The third-order valence-corrected chi connectivity index (χ3v) is 3.47. The van der Waals surface area contributed by atoms with Crippen LogP contribution in [0.2, 0.25) is 0 Å². The van der Waals surface area contributed by atoms with E-state index in [2.05, 4.69) is 24.3 Å². The maximum absolute atomic E-state index is 10.9. The lowest BCUT2D eigenvalue weighted by Crippen LogP contribution is -2.16. The molecule has 3 aliphatic rings. The van der Waals surface area contributed by atoms with E-state index in [1.807, 2.05) is 18.2 Å². The highest BCUT2D eigenvalue weighted by atomic mass is 16.1. The van der Waals surface area contributed by atoms with E-state index in [0.29, 0.717) is 0 Å². The van der Waals surface area contributed by atoms with Gasteiger partial charge < -0.3 is 0 Å². The first kappa shape index (κ1) is 7.07. The van der Waals surface area contributed by atoms with Crippen molar-refractivity contribution >= 4 is 6.29 Å². The molecule has 0 aromatic heterocycles. The molecule has 0 aromatic rings. The Morgan fingerprint density at radius 2 is 1.92 bits per heavy atom. The van der Waals surface area contributed by atoms with Gasteiger partial charge >= 0.3 is 0 Å². The molecule has 0 amide bonds. The third-order valence-electron chi connectivity index (χ3n) is 3.47. The second-order valence-corrected chi connectivity index (χ2v) is 4.01. The van der Waals surface area contributed by atoms with Gasteiger partial charge in [0.2, 0.25) is 0 Å². The van der Waals surface area contributed by atoms with Crippen LogP contribution in [0.5, 0.6) is 0 Å². The standard InChI is InChI=1S/C12H10O/c13-8-10-4-3-6-11-5-1-2-7-12(10,11)9-11/h1-8H,9H2. The molecular weight excluding hydrogens is 160 g/mol. The molecule has 2 atom stereocenters. The molecule has 0 heterocycles. The molecule has 0 spiro atoms. The van der Waals surface area contributed by atoms with E-state index in [9.17, 15) is 4.79 Å². The highest BCUT2D eigenvalue weighted by Crippen LogP contribution is 2.72. The summed E-state index contributed by atoms with van der Waals surface area (Å²) >= 11 is 0. The molecule has 0 saturated heterocycles. The molecule has 0 aromatic carbocycles. The summed E-state index contributed by atoms with van der Waals surface area (Å²) in [5.74, 6) is 0. The first-order valence-electron chi connectivity index (χ1n) is 4.55. The van der Waals surface area contributed by atoms with Gasteiger partial charge in [0.1, 0.15) is 6.29 Å². The van der Waals surface area contributed by atoms with E-state index < -0.39 is 0 Å². The van der Waals surface area contributed by atoms with Gasteiger partial charge in [0.05, 0.1) is 0 Å². The van der Waals surface area contributed by atoms with Gasteiger partial charge in [-0.05, 0) is 6.42 Å². The van der Waals surface area contributed by atoms with Crippen molar-refractivity contribution in [2.45, 2.75) is 6.42 Å². The average molecular weight is 170 g/mol. The second kappa shape index (κ2) is 1.92. The predicted octanol–water partition coefficient (Wildman–Crippen LogP) is 2.18. The molecule has 0 aliphatic heterocycles. The van der Waals surface area contributed by atoms with Crippen molar-refractivity contribution in [1.29, 1.82) is 0 Å². The Balaban J connectivity index is 2.19. The molecule has 1 fully saturated rings. The minimum Gasteiger partial charge on any atom is -0.298 e. The molecule has 1 heteroatoms. The maximum atomic E-state index is 10.9. The van der Waals surface area contributed by atoms with Crippen molar-refractivity contribution in [2.75, 3.05) is 0 Å². The lowest BCUT2D eigenvalue weighted by atomic mass is 9.80. The zero-order valence-electron chi connectivity index (χ0n) is 7.23. The summed E-state index contributed by atoms with van der Waals surface area (Å²) in [6.45, 7) is 0. The number of hydrogen-bond donors (Lipinski definition) is 0. The zero-order chi connectivity index (χ0) is 8.94. The van der Waals surface area contributed by atoms with E-state index in [0.717, 1.165) is 18.3 Å². The van der Waals surface area contributed by atoms with Crippen molar-refractivity contribution < 1.29 is 4.79 Å². The molecule has 3 rings (SSSR count). The molecule has 3 aliphatic carbocycles. The predicted molar refractivity (Wildman–Crippen MR) is 51.1 cm³/mol. The maximum Gasteiger partial charge on any atom is 0.146 e. The van der Waals surface area contributed by atoms with Crippen molar-refractivity contribution in [3.05, 3.63) is 48.1 Å². The summed E-state index contributed by atoms with van der Waals surface area (Å²) in [5.41, 5.74) is 1.10. The van der Waals surface area contributed by atoms with E-state index in [1.54, 1.807) is 0 Å². The van der Waals surface area contributed by atoms with Gasteiger partial charge in [-0.1, -0.05) is 42.5 Å². The number of allylic oxidation sites excluding steroid dienone is 8. The van der Waals surface area contributed by atoms with E-state index in [-0.39, 0.29) is 10.8 Å². The highest BCUT2D eigenvalue weighted by Gasteiger charge is 2.66. The number of aldehydes is 1. The van der Waals surface area contributed by atoms with Gasteiger partial charge in [0.15, 0.2) is 0 Å². The highest BCUT2D eigenvalue weighted by molar-refractivity contribution is 5.81. The van der Waals surface area contributed by atoms with Crippen molar-refractivity contribution in [3.8, 4) is 0 Å². The quantitative estimate of drug-likeness (QED) is 0.551. The number of carbonyl (C=O) groups excluding carboxylic acids is 1. The number of carbonyl (C=O) groups is 1. The largest absolute Gasteiger partial charge is 0.298 e. The van der Waals surface area contributed by atoms with Crippen LogP contribution in [0.15, 0.2) is 48.1 Å². The number of rotatable bonds is 1. The van der Waals surface area contributed by atoms with Crippen LogP contribution in [-0.4, -0.2) is 6.29 Å². The third kappa shape index (κ3) is 0.624. The minimum absolute atomic E-state index is 0.0260. The van der Waals surface area contributed by atoms with Crippen LogP contribution >= 0.6 is 0 Å². The Hall–Kier alpha value is -1.37. The topological polar surface area (TPSA) is 17.1 Å². The van der Waals surface area contributed by atoms with Crippen molar-refractivity contribution in [3.63, 3.8) is 0 Å². The molecule has 1 nitrogen and oxygen atoms in total. The molecule has 0 N–H and O–H groups in total. The van der Waals surface area contributed by atoms with Crippen molar-refractivity contribution in [2.24, 2.45) is 10.8 Å². The van der Waals surface area contributed by atoms with Gasteiger partial charge in [-0.15, -0.1) is 0 Å². The smallest absolute Gasteiger partial charge is 0.146 e. The molecule has 0 bridgehead atoms. The lowest BCUT2D eigenvalue weighted by molar-refractivity contribution is -0.105. The second-order valence-electron chi connectivity index (χ2n) is 4.01. The van der Waals surface area contributed by atoms with E-state index in [4.69, 9.17) is 0 Å². The SMILES string of the molecule is O=CC1=CC=CC23C=CC=CC12C3. The van der Waals surface area contributed by atoms with Gasteiger partial charge in [0, 0.05) is 16.4 Å². The first-order valence-corrected chi connectivity index (χ1v) is 4.55. The fraction of sp³-hybridized carbons (Fsp3) is 0.250. The molecule has 64 valence electrons. The molecule has 13 heavy (non-hydrogen) atoms. The van der Waals surface area contributed by atoms with Crippen LogP contribution in [0.25, 0.3) is 0 Å². The first-order chi connectivity index (χ1) is 6.33. The molecule has 2 unspecified atom stereocenters. The summed E-state index contributed by atoms with van der Waals surface area (Å²) in [4.78, 5) is 10.9. The Bertz CT molecular complexity index is 397.